The molecule has 1 aromatic rings. The molecule has 1 aromatic heterocycles. The summed E-state index contributed by atoms with van der Waals surface area (Å²) in [4.78, 5) is 25.6. The molecule has 0 fully saturated rings. The average Bonchev–Trinajstić information content (AvgIpc) is 2.20. The maximum Gasteiger partial charge on any atom is 0.323 e. The molecule has 16 heavy (non-hydrogen) atoms. The maximum absolute atomic E-state index is 13.1. The second-order valence-electron chi connectivity index (χ2n) is 3.02. The van der Waals surface area contributed by atoms with Gasteiger partial charge in [0.1, 0.15) is 6.54 Å². The van der Waals surface area contributed by atoms with E-state index in [1.54, 1.807) is 0 Å². The number of nitrogens with zero attached hydrogens (tertiary/aromatic N) is 2. The first-order valence-corrected chi connectivity index (χ1v) is 4.20. The van der Waals surface area contributed by atoms with Gasteiger partial charge in [0.15, 0.2) is 5.82 Å². The highest BCUT2D eigenvalue weighted by Crippen LogP contribution is 2.10. The van der Waals surface area contributed by atoms with Crippen LogP contribution in [-0.2, 0) is 4.79 Å². The molecule has 0 aliphatic rings. The summed E-state index contributed by atoms with van der Waals surface area (Å²) < 4.78 is 25.8. The van der Waals surface area contributed by atoms with Crippen molar-refractivity contribution in [3.63, 3.8) is 0 Å². The van der Waals surface area contributed by atoms with E-state index in [-0.39, 0.29) is 0 Å². The summed E-state index contributed by atoms with van der Waals surface area (Å²) in [7, 11) is 1.17. The van der Waals surface area contributed by atoms with Crippen LogP contribution in [0.25, 0.3) is 0 Å². The van der Waals surface area contributed by atoms with Crippen LogP contribution < -0.4 is 0 Å². The molecule has 0 radical (unpaired) electrons. The molecule has 0 aromatic carbocycles. The van der Waals surface area contributed by atoms with Crippen molar-refractivity contribution in [2.45, 2.75) is 0 Å². The minimum atomic E-state index is -1.39. The predicted molar refractivity (Wildman–Crippen MR) is 48.7 cm³/mol. The van der Waals surface area contributed by atoms with Crippen LogP contribution in [0.2, 0.25) is 0 Å². The molecule has 86 valence electrons. The first-order valence-electron chi connectivity index (χ1n) is 4.20. The molecule has 1 heterocycles. The number of aromatic nitrogens is 1. The minimum Gasteiger partial charge on any atom is -0.480 e. The third-order valence-corrected chi connectivity index (χ3v) is 1.80. The van der Waals surface area contributed by atoms with Crippen LogP contribution in [0.1, 0.15) is 10.4 Å². The lowest BCUT2D eigenvalue weighted by molar-refractivity contribution is -0.137. The number of hydrogen-bond acceptors (Lipinski definition) is 3. The quantitative estimate of drug-likeness (QED) is 0.768. The van der Waals surface area contributed by atoms with E-state index in [1.165, 1.54) is 7.05 Å². The van der Waals surface area contributed by atoms with E-state index in [1.807, 2.05) is 0 Å². The maximum atomic E-state index is 13.1. The van der Waals surface area contributed by atoms with Crippen LogP contribution in [0.3, 0.4) is 0 Å². The highest BCUT2D eigenvalue weighted by Gasteiger charge is 2.20. The topological polar surface area (TPSA) is 70.5 Å². The third kappa shape index (κ3) is 2.50. The van der Waals surface area contributed by atoms with Gasteiger partial charge in [0.2, 0.25) is 5.95 Å². The Morgan fingerprint density at radius 2 is 2.12 bits per heavy atom. The van der Waals surface area contributed by atoms with Crippen molar-refractivity contribution in [1.82, 2.24) is 9.88 Å². The first-order chi connectivity index (χ1) is 7.43. The number of aliphatic carboxylic acids is 1. The Balaban J connectivity index is 2.96. The van der Waals surface area contributed by atoms with Gasteiger partial charge >= 0.3 is 5.97 Å². The van der Waals surface area contributed by atoms with Crippen molar-refractivity contribution in [3.05, 3.63) is 29.6 Å². The van der Waals surface area contributed by atoms with E-state index in [9.17, 15) is 18.4 Å². The molecule has 1 amide bonds. The van der Waals surface area contributed by atoms with E-state index >= 15 is 0 Å². The molecule has 0 bridgehead atoms. The normalized spacial score (nSPS) is 9.94. The number of carbonyl (C=O) groups is 2. The van der Waals surface area contributed by atoms with Crippen molar-refractivity contribution in [2.24, 2.45) is 0 Å². The molecule has 5 nitrogen and oxygen atoms in total. The molecular formula is C9H8F2N2O3. The summed E-state index contributed by atoms with van der Waals surface area (Å²) in [5.74, 6) is -4.94. The zero-order chi connectivity index (χ0) is 12.3. The van der Waals surface area contributed by atoms with Gasteiger partial charge in [-0.25, -0.2) is 9.37 Å². The highest BCUT2D eigenvalue weighted by atomic mass is 19.2. The van der Waals surface area contributed by atoms with Crippen molar-refractivity contribution < 1.29 is 23.5 Å². The van der Waals surface area contributed by atoms with E-state index in [0.717, 1.165) is 17.2 Å². The van der Waals surface area contributed by atoms with Gasteiger partial charge in [-0.1, -0.05) is 0 Å². The fourth-order valence-corrected chi connectivity index (χ4v) is 1.06. The zero-order valence-corrected chi connectivity index (χ0v) is 8.28. The summed E-state index contributed by atoms with van der Waals surface area (Å²) in [5.41, 5.74) is -0.545. The first kappa shape index (κ1) is 12.0. The fraction of sp³-hybridized carbons (Fsp3) is 0.222. The Morgan fingerprint density at radius 1 is 1.50 bits per heavy atom. The second kappa shape index (κ2) is 4.65. The SMILES string of the molecule is CN(CC(=O)O)C(=O)c1ccnc(F)c1F. The van der Waals surface area contributed by atoms with Crippen LogP contribution in [-0.4, -0.2) is 40.5 Å². The lowest BCUT2D eigenvalue weighted by Gasteiger charge is -2.14. The number of carbonyl (C=O) groups excluding carboxylic acids is 1. The number of carboxylic acids is 1. The molecule has 0 unspecified atom stereocenters. The monoisotopic (exact) mass is 230 g/mol. The van der Waals surface area contributed by atoms with Crippen LogP contribution in [0, 0.1) is 11.8 Å². The molecule has 0 saturated carbocycles. The molecule has 0 atom stereocenters. The Bertz CT molecular complexity index is 437. The molecule has 0 spiro atoms. The molecule has 0 aliphatic heterocycles. The number of halogens is 2. The Hall–Kier alpha value is -2.05. The van der Waals surface area contributed by atoms with Crippen molar-refractivity contribution in [1.29, 1.82) is 0 Å². The number of amides is 1. The number of pyridine rings is 1. The van der Waals surface area contributed by atoms with E-state index in [2.05, 4.69) is 4.98 Å². The molecule has 0 saturated heterocycles. The largest absolute Gasteiger partial charge is 0.480 e. The summed E-state index contributed by atoms with van der Waals surface area (Å²) in [6.45, 7) is -0.595. The molecule has 0 aliphatic carbocycles. The minimum absolute atomic E-state index is 0.545. The second-order valence-corrected chi connectivity index (χ2v) is 3.02. The van der Waals surface area contributed by atoms with Gasteiger partial charge in [0, 0.05) is 13.2 Å². The Kier molecular flexibility index (Phi) is 3.49. The van der Waals surface area contributed by atoms with E-state index in [0.29, 0.717) is 0 Å². The van der Waals surface area contributed by atoms with Gasteiger partial charge in [-0.2, -0.15) is 4.39 Å². The van der Waals surface area contributed by atoms with Gasteiger partial charge in [-0.15, -0.1) is 0 Å². The zero-order valence-electron chi connectivity index (χ0n) is 8.28. The van der Waals surface area contributed by atoms with Crippen molar-refractivity contribution >= 4 is 11.9 Å². The summed E-state index contributed by atoms with van der Waals surface area (Å²) in [6, 6.07) is 0.985. The van der Waals surface area contributed by atoms with Gasteiger partial charge < -0.3 is 10.0 Å². The summed E-state index contributed by atoms with van der Waals surface area (Å²) in [6.07, 6.45) is 0.931. The summed E-state index contributed by atoms with van der Waals surface area (Å²) in [5, 5.41) is 8.43. The Morgan fingerprint density at radius 3 is 2.69 bits per heavy atom. The van der Waals surface area contributed by atoms with E-state index < -0.39 is 35.7 Å². The van der Waals surface area contributed by atoms with Crippen LogP contribution in [0.15, 0.2) is 12.3 Å². The standard InChI is InChI=1S/C9H8F2N2O3/c1-13(4-6(14)15)9(16)5-2-3-12-8(11)7(5)10/h2-3H,4H2,1H3,(H,14,15). The van der Waals surface area contributed by atoms with Crippen molar-refractivity contribution in [2.75, 3.05) is 13.6 Å². The average molecular weight is 230 g/mol. The number of likely N-dealkylation sites (N-methyl/N-ethyl adjacent to an activating group) is 1. The lowest BCUT2D eigenvalue weighted by Crippen LogP contribution is -2.32. The lowest BCUT2D eigenvalue weighted by atomic mass is 10.2. The van der Waals surface area contributed by atoms with Gasteiger partial charge in [0.05, 0.1) is 5.56 Å². The predicted octanol–water partition coefficient (Wildman–Crippen LogP) is 0.516. The number of rotatable bonds is 3. The Labute approximate surface area is 89.3 Å². The van der Waals surface area contributed by atoms with Gasteiger partial charge in [0.25, 0.3) is 5.91 Å². The van der Waals surface area contributed by atoms with Crippen LogP contribution in [0.5, 0.6) is 0 Å². The molecular weight excluding hydrogens is 222 g/mol. The van der Waals surface area contributed by atoms with Crippen LogP contribution in [0.4, 0.5) is 8.78 Å². The third-order valence-electron chi connectivity index (χ3n) is 1.80. The van der Waals surface area contributed by atoms with Gasteiger partial charge in [-0.05, 0) is 6.07 Å². The number of carboxylic acid groups (broad SMARTS) is 1. The van der Waals surface area contributed by atoms with Crippen molar-refractivity contribution in [3.8, 4) is 0 Å². The molecule has 1 N–H and O–H groups in total. The summed E-state index contributed by atoms with van der Waals surface area (Å²) >= 11 is 0. The molecule has 1 rings (SSSR count). The van der Waals surface area contributed by atoms with Crippen LogP contribution >= 0.6 is 0 Å². The van der Waals surface area contributed by atoms with E-state index in [4.69, 9.17) is 5.11 Å². The van der Waals surface area contributed by atoms with Gasteiger partial charge in [-0.3, -0.25) is 9.59 Å². The fourth-order valence-electron chi connectivity index (χ4n) is 1.06. The highest BCUT2D eigenvalue weighted by molar-refractivity contribution is 5.95. The molecule has 7 heteroatoms. The number of hydrogen-bond donors (Lipinski definition) is 1. The smallest absolute Gasteiger partial charge is 0.323 e.